The highest BCUT2D eigenvalue weighted by atomic mass is 16.7. The molecule has 0 fully saturated rings. The van der Waals surface area contributed by atoms with E-state index >= 15 is 0 Å². The van der Waals surface area contributed by atoms with Crippen molar-refractivity contribution in [3.63, 3.8) is 0 Å². The minimum Gasteiger partial charge on any atom is -0.363 e. The molecule has 0 amide bonds. The van der Waals surface area contributed by atoms with Gasteiger partial charge in [-0.3, -0.25) is 4.79 Å². The normalized spacial score (nSPS) is 10.2. The molecular weight excluding hydrogens is 256 g/mol. The molecule has 1 aromatic carbocycles. The maximum atomic E-state index is 11.7. The smallest absolute Gasteiger partial charge is 0.235 e. The summed E-state index contributed by atoms with van der Waals surface area (Å²) in [7, 11) is 0. The van der Waals surface area contributed by atoms with Crippen LogP contribution in [0.25, 0.3) is 0 Å². The SMILES string of the molecule is CCOC(COCC#CC(=O)c1ccccc1)OCC. The molecule has 20 heavy (non-hydrogen) atoms. The summed E-state index contributed by atoms with van der Waals surface area (Å²) in [5.74, 6) is 5.02. The van der Waals surface area contributed by atoms with Gasteiger partial charge in [-0.2, -0.15) is 0 Å². The maximum absolute atomic E-state index is 11.7. The third kappa shape index (κ3) is 6.48. The predicted octanol–water partition coefficient (Wildman–Crippen LogP) is 2.29. The number of Topliss-reactive ketones (excluding diaryl/α,β-unsaturated/α-hetero) is 1. The third-order valence-corrected chi connectivity index (χ3v) is 2.37. The van der Waals surface area contributed by atoms with Crippen LogP contribution in [0.15, 0.2) is 30.3 Å². The zero-order chi connectivity index (χ0) is 14.6. The highest BCUT2D eigenvalue weighted by Gasteiger charge is 2.06. The van der Waals surface area contributed by atoms with Gasteiger partial charge >= 0.3 is 0 Å². The molecule has 0 bridgehead atoms. The summed E-state index contributed by atoms with van der Waals surface area (Å²) >= 11 is 0. The first kappa shape index (κ1) is 16.4. The van der Waals surface area contributed by atoms with E-state index in [-0.39, 0.29) is 18.7 Å². The summed E-state index contributed by atoms with van der Waals surface area (Å²) in [5.41, 5.74) is 0.585. The minimum atomic E-state index is -0.378. The number of hydrogen-bond acceptors (Lipinski definition) is 4. The molecule has 108 valence electrons. The van der Waals surface area contributed by atoms with Crippen LogP contribution in [0, 0.1) is 11.8 Å². The number of rotatable bonds is 8. The van der Waals surface area contributed by atoms with Crippen molar-refractivity contribution in [2.24, 2.45) is 0 Å². The molecular formula is C16H20O4. The van der Waals surface area contributed by atoms with E-state index in [4.69, 9.17) is 14.2 Å². The van der Waals surface area contributed by atoms with Gasteiger partial charge in [-0.25, -0.2) is 0 Å². The van der Waals surface area contributed by atoms with Gasteiger partial charge < -0.3 is 14.2 Å². The summed E-state index contributed by atoms with van der Waals surface area (Å²) in [6, 6.07) is 8.94. The van der Waals surface area contributed by atoms with Crippen LogP contribution in [0.4, 0.5) is 0 Å². The molecule has 0 aromatic heterocycles. The van der Waals surface area contributed by atoms with Crippen LogP contribution in [0.5, 0.6) is 0 Å². The van der Waals surface area contributed by atoms with E-state index in [0.717, 1.165) is 0 Å². The van der Waals surface area contributed by atoms with Crippen LogP contribution in [-0.2, 0) is 14.2 Å². The minimum absolute atomic E-state index is 0.176. The second-order valence-corrected chi connectivity index (χ2v) is 3.85. The molecule has 0 saturated heterocycles. The maximum Gasteiger partial charge on any atom is 0.235 e. The lowest BCUT2D eigenvalue weighted by Crippen LogP contribution is -2.23. The van der Waals surface area contributed by atoms with E-state index in [1.165, 1.54) is 0 Å². The predicted molar refractivity (Wildman–Crippen MR) is 76.4 cm³/mol. The summed E-state index contributed by atoms with van der Waals surface area (Å²) in [6.07, 6.45) is -0.378. The second-order valence-electron chi connectivity index (χ2n) is 3.85. The standard InChI is InChI=1S/C16H20O4/c1-3-19-16(20-4-2)13-18-12-8-11-15(17)14-9-6-5-7-10-14/h5-7,9-10,16H,3-4,12-13H2,1-2H3. The number of carbonyl (C=O) groups excluding carboxylic acids is 1. The van der Waals surface area contributed by atoms with Crippen molar-refractivity contribution in [3.05, 3.63) is 35.9 Å². The van der Waals surface area contributed by atoms with Crippen molar-refractivity contribution >= 4 is 5.78 Å². The molecule has 4 nitrogen and oxygen atoms in total. The van der Waals surface area contributed by atoms with Crippen molar-refractivity contribution in [2.45, 2.75) is 20.1 Å². The lowest BCUT2D eigenvalue weighted by Gasteiger charge is -2.15. The number of hydrogen-bond donors (Lipinski definition) is 0. The monoisotopic (exact) mass is 276 g/mol. The molecule has 0 heterocycles. The first-order valence-corrected chi connectivity index (χ1v) is 6.67. The van der Waals surface area contributed by atoms with Gasteiger partial charge in [-0.05, 0) is 19.8 Å². The zero-order valence-corrected chi connectivity index (χ0v) is 11.9. The molecule has 0 aliphatic rings. The van der Waals surface area contributed by atoms with Crippen molar-refractivity contribution < 1.29 is 19.0 Å². The van der Waals surface area contributed by atoms with Crippen LogP contribution >= 0.6 is 0 Å². The number of ketones is 1. The van der Waals surface area contributed by atoms with Crippen molar-refractivity contribution in [2.75, 3.05) is 26.4 Å². The molecule has 0 spiro atoms. The van der Waals surface area contributed by atoms with Gasteiger partial charge in [0.25, 0.3) is 0 Å². The van der Waals surface area contributed by atoms with E-state index in [9.17, 15) is 4.79 Å². The molecule has 0 aliphatic carbocycles. The summed E-state index contributed by atoms with van der Waals surface area (Å²) < 4.78 is 15.9. The Morgan fingerprint density at radius 1 is 1.15 bits per heavy atom. The summed E-state index contributed by atoms with van der Waals surface area (Å²) in [6.45, 7) is 5.39. The average Bonchev–Trinajstić information content (AvgIpc) is 2.48. The van der Waals surface area contributed by atoms with Gasteiger partial charge in [0.15, 0.2) is 6.29 Å². The molecule has 0 aliphatic heterocycles. The van der Waals surface area contributed by atoms with Crippen LogP contribution in [-0.4, -0.2) is 38.5 Å². The van der Waals surface area contributed by atoms with E-state index < -0.39 is 0 Å². The number of ether oxygens (including phenoxy) is 3. The fourth-order valence-corrected chi connectivity index (χ4v) is 1.50. The van der Waals surface area contributed by atoms with Crippen molar-refractivity contribution in [1.82, 2.24) is 0 Å². The fourth-order valence-electron chi connectivity index (χ4n) is 1.50. The van der Waals surface area contributed by atoms with Gasteiger partial charge in [0.2, 0.25) is 5.78 Å². The zero-order valence-electron chi connectivity index (χ0n) is 11.9. The van der Waals surface area contributed by atoms with Crippen LogP contribution in [0.1, 0.15) is 24.2 Å². The van der Waals surface area contributed by atoms with E-state index in [1.54, 1.807) is 24.3 Å². The van der Waals surface area contributed by atoms with E-state index in [1.807, 2.05) is 19.9 Å². The molecule has 0 unspecified atom stereocenters. The Morgan fingerprint density at radius 2 is 1.80 bits per heavy atom. The van der Waals surface area contributed by atoms with Crippen molar-refractivity contribution in [3.8, 4) is 11.8 Å². The number of carbonyl (C=O) groups is 1. The second kappa shape index (κ2) is 10.2. The van der Waals surface area contributed by atoms with E-state index in [2.05, 4.69) is 11.8 Å². The van der Waals surface area contributed by atoms with Gasteiger partial charge in [0.05, 0.1) is 6.61 Å². The molecule has 0 radical (unpaired) electrons. The van der Waals surface area contributed by atoms with Crippen LogP contribution in [0.3, 0.4) is 0 Å². The Labute approximate surface area is 120 Å². The Hall–Kier alpha value is -1.67. The van der Waals surface area contributed by atoms with Gasteiger partial charge in [0, 0.05) is 18.8 Å². The van der Waals surface area contributed by atoms with Crippen LogP contribution in [0.2, 0.25) is 0 Å². The molecule has 0 atom stereocenters. The third-order valence-electron chi connectivity index (χ3n) is 2.37. The molecule has 4 heteroatoms. The summed E-state index contributed by atoms with van der Waals surface area (Å²) in [5, 5.41) is 0. The molecule has 1 rings (SSSR count). The Morgan fingerprint density at radius 3 is 2.40 bits per heavy atom. The largest absolute Gasteiger partial charge is 0.363 e. The fraction of sp³-hybridized carbons (Fsp3) is 0.438. The lowest BCUT2D eigenvalue weighted by molar-refractivity contribution is -0.164. The molecule has 1 aromatic rings. The average molecular weight is 276 g/mol. The molecule has 0 N–H and O–H groups in total. The van der Waals surface area contributed by atoms with Gasteiger partial charge in [-0.15, -0.1) is 0 Å². The number of benzene rings is 1. The van der Waals surface area contributed by atoms with Crippen molar-refractivity contribution in [1.29, 1.82) is 0 Å². The highest BCUT2D eigenvalue weighted by molar-refractivity contribution is 6.08. The Kier molecular flexibility index (Phi) is 8.32. The topological polar surface area (TPSA) is 44.8 Å². The quantitative estimate of drug-likeness (QED) is 0.240. The van der Waals surface area contributed by atoms with Gasteiger partial charge in [-0.1, -0.05) is 36.3 Å². The Bertz CT molecular complexity index is 439. The van der Waals surface area contributed by atoms with Gasteiger partial charge in [0.1, 0.15) is 6.61 Å². The Balaban J connectivity index is 2.30. The summed E-state index contributed by atoms with van der Waals surface area (Å²) in [4.78, 5) is 11.7. The first-order chi connectivity index (χ1) is 9.77. The highest BCUT2D eigenvalue weighted by Crippen LogP contribution is 1.99. The first-order valence-electron chi connectivity index (χ1n) is 6.67. The molecule has 0 saturated carbocycles. The lowest BCUT2D eigenvalue weighted by atomic mass is 10.1. The van der Waals surface area contributed by atoms with Crippen LogP contribution < -0.4 is 0 Å². The van der Waals surface area contributed by atoms with E-state index in [0.29, 0.717) is 25.4 Å².